The Morgan fingerprint density at radius 2 is 2.21 bits per heavy atom. The van der Waals surface area contributed by atoms with Crippen LogP contribution in [0.1, 0.15) is 18.4 Å². The third-order valence-corrected chi connectivity index (χ3v) is 4.22. The van der Waals surface area contributed by atoms with Crippen molar-refractivity contribution >= 4 is 21.5 Å². The highest BCUT2D eigenvalue weighted by molar-refractivity contribution is 7.92. The summed E-state index contributed by atoms with van der Waals surface area (Å²) in [7, 11) is -3.51. The number of anilines is 1. The number of halogens is 1. The maximum absolute atomic E-state index is 13.1. The van der Waals surface area contributed by atoms with Crippen LogP contribution in [0.15, 0.2) is 23.4 Å². The van der Waals surface area contributed by atoms with Crippen molar-refractivity contribution in [3.8, 4) is 0 Å². The number of oxime groups is 1. The van der Waals surface area contributed by atoms with Gasteiger partial charge in [-0.15, -0.1) is 0 Å². The molecule has 0 bridgehead atoms. The predicted octanol–water partition coefficient (Wildman–Crippen LogP) is 1.07. The van der Waals surface area contributed by atoms with Crippen molar-refractivity contribution in [1.29, 1.82) is 0 Å². The Hall–Kier alpha value is -1.83. The van der Waals surface area contributed by atoms with Gasteiger partial charge in [0.15, 0.2) is 5.84 Å². The van der Waals surface area contributed by atoms with Crippen LogP contribution >= 0.6 is 0 Å². The molecule has 19 heavy (non-hydrogen) atoms. The Labute approximate surface area is 110 Å². The van der Waals surface area contributed by atoms with E-state index in [2.05, 4.69) is 9.88 Å². The van der Waals surface area contributed by atoms with Gasteiger partial charge in [0.2, 0.25) is 10.0 Å². The number of hydrogen-bond donors (Lipinski definition) is 3. The van der Waals surface area contributed by atoms with E-state index in [1.165, 1.54) is 6.07 Å². The molecule has 0 atom stereocenters. The molecule has 0 heterocycles. The topological polar surface area (TPSA) is 105 Å². The van der Waals surface area contributed by atoms with Gasteiger partial charge in [0.1, 0.15) is 5.82 Å². The first-order chi connectivity index (χ1) is 8.91. The summed E-state index contributed by atoms with van der Waals surface area (Å²) >= 11 is 0. The van der Waals surface area contributed by atoms with Gasteiger partial charge in [0.25, 0.3) is 0 Å². The van der Waals surface area contributed by atoms with Gasteiger partial charge < -0.3 is 10.9 Å². The van der Waals surface area contributed by atoms with Gasteiger partial charge in [-0.3, -0.25) is 4.72 Å². The fourth-order valence-electron chi connectivity index (χ4n) is 1.68. The average Bonchev–Trinajstić information content (AvgIpc) is 3.13. The molecular formula is C11H14FN3O3S. The van der Waals surface area contributed by atoms with Crippen molar-refractivity contribution < 1.29 is 18.0 Å². The van der Waals surface area contributed by atoms with Gasteiger partial charge in [-0.1, -0.05) is 5.16 Å². The Bertz CT molecular complexity index is 612. The maximum atomic E-state index is 13.1. The fraction of sp³-hybridized carbons (Fsp3) is 0.364. The summed E-state index contributed by atoms with van der Waals surface area (Å²) in [5.74, 6) is -0.749. The monoisotopic (exact) mass is 287 g/mol. The molecule has 1 aliphatic carbocycles. The van der Waals surface area contributed by atoms with E-state index < -0.39 is 15.8 Å². The zero-order chi connectivity index (χ0) is 14.0. The van der Waals surface area contributed by atoms with Crippen LogP contribution in [0.2, 0.25) is 0 Å². The van der Waals surface area contributed by atoms with E-state index in [4.69, 9.17) is 10.9 Å². The molecule has 1 fully saturated rings. The van der Waals surface area contributed by atoms with Gasteiger partial charge in [-0.25, -0.2) is 12.8 Å². The molecule has 0 radical (unpaired) electrons. The molecule has 0 aromatic heterocycles. The van der Waals surface area contributed by atoms with Crippen molar-refractivity contribution in [2.45, 2.75) is 12.8 Å². The van der Waals surface area contributed by atoms with Crippen LogP contribution in [-0.4, -0.2) is 25.2 Å². The van der Waals surface area contributed by atoms with Gasteiger partial charge in [-0.05, 0) is 37.0 Å². The largest absolute Gasteiger partial charge is 0.409 e. The number of nitrogens with zero attached hydrogens (tertiary/aromatic N) is 1. The summed E-state index contributed by atoms with van der Waals surface area (Å²) < 4.78 is 39.2. The molecule has 0 unspecified atom stereocenters. The zero-order valence-corrected chi connectivity index (χ0v) is 10.8. The highest BCUT2D eigenvalue weighted by atomic mass is 32.2. The van der Waals surface area contributed by atoms with E-state index in [-0.39, 0.29) is 28.8 Å². The van der Waals surface area contributed by atoms with Crippen LogP contribution in [0.3, 0.4) is 0 Å². The predicted molar refractivity (Wildman–Crippen MR) is 69.0 cm³/mol. The van der Waals surface area contributed by atoms with Gasteiger partial charge in [0.05, 0.1) is 11.4 Å². The number of amidine groups is 1. The summed E-state index contributed by atoms with van der Waals surface area (Å²) in [6.45, 7) is 0. The lowest BCUT2D eigenvalue weighted by Gasteiger charge is -2.11. The number of nitrogens with one attached hydrogen (secondary N) is 1. The minimum absolute atomic E-state index is 0.00173. The van der Waals surface area contributed by atoms with Gasteiger partial charge in [0, 0.05) is 5.56 Å². The number of rotatable bonds is 5. The number of hydrogen-bond acceptors (Lipinski definition) is 4. The lowest BCUT2D eigenvalue weighted by atomic mass is 10.1. The minimum Gasteiger partial charge on any atom is -0.409 e. The minimum atomic E-state index is -3.51. The van der Waals surface area contributed by atoms with E-state index in [0.717, 1.165) is 25.0 Å². The van der Waals surface area contributed by atoms with Crippen LogP contribution < -0.4 is 10.5 Å². The second-order valence-electron chi connectivity index (χ2n) is 4.50. The number of nitrogens with two attached hydrogens (primary N) is 1. The summed E-state index contributed by atoms with van der Waals surface area (Å²) in [6.07, 6.45) is 1.80. The molecule has 0 amide bonds. The van der Waals surface area contributed by atoms with Crippen LogP contribution in [0.5, 0.6) is 0 Å². The summed E-state index contributed by atoms with van der Waals surface area (Å²) in [5.41, 5.74) is 5.49. The van der Waals surface area contributed by atoms with Crippen LogP contribution in [-0.2, 0) is 10.0 Å². The summed E-state index contributed by atoms with van der Waals surface area (Å²) in [5, 5.41) is 11.4. The molecular weight excluding hydrogens is 273 g/mol. The maximum Gasteiger partial charge on any atom is 0.233 e. The molecule has 2 rings (SSSR count). The Balaban J connectivity index is 2.28. The standard InChI is InChI=1S/C11H14FN3O3S/c12-8-3-4-10(9(5-8)11(13)14-16)15-19(17,18)6-7-1-2-7/h3-5,7,15-16H,1-2,6H2,(H2,13,14). The van der Waals surface area contributed by atoms with Crippen molar-refractivity contribution in [2.24, 2.45) is 16.8 Å². The summed E-state index contributed by atoms with van der Waals surface area (Å²) in [6, 6.07) is 3.35. The van der Waals surface area contributed by atoms with Gasteiger partial charge in [-0.2, -0.15) is 0 Å². The number of sulfonamides is 1. The summed E-state index contributed by atoms with van der Waals surface area (Å²) in [4.78, 5) is 0. The first kappa shape index (κ1) is 13.6. The molecule has 1 aromatic carbocycles. The molecule has 0 saturated heterocycles. The van der Waals surface area contributed by atoms with Crippen LogP contribution in [0.4, 0.5) is 10.1 Å². The first-order valence-electron chi connectivity index (χ1n) is 5.69. The quantitative estimate of drug-likeness (QED) is 0.326. The molecule has 8 heteroatoms. The fourth-order valence-corrected chi connectivity index (χ4v) is 3.23. The van der Waals surface area contributed by atoms with Crippen molar-refractivity contribution in [3.63, 3.8) is 0 Å². The van der Waals surface area contributed by atoms with Gasteiger partial charge >= 0.3 is 0 Å². The second-order valence-corrected chi connectivity index (χ2v) is 6.27. The normalized spacial score (nSPS) is 16.4. The lowest BCUT2D eigenvalue weighted by Crippen LogP contribution is -2.22. The Morgan fingerprint density at radius 3 is 2.79 bits per heavy atom. The Kier molecular flexibility index (Phi) is 3.61. The number of benzene rings is 1. The van der Waals surface area contributed by atoms with Crippen LogP contribution in [0, 0.1) is 11.7 Å². The smallest absolute Gasteiger partial charge is 0.233 e. The molecule has 1 saturated carbocycles. The highest BCUT2D eigenvalue weighted by Crippen LogP contribution is 2.31. The van der Waals surface area contributed by atoms with Crippen molar-refractivity contribution in [1.82, 2.24) is 0 Å². The average molecular weight is 287 g/mol. The van der Waals surface area contributed by atoms with E-state index >= 15 is 0 Å². The molecule has 4 N–H and O–H groups in total. The molecule has 1 aliphatic rings. The third-order valence-electron chi connectivity index (χ3n) is 2.78. The second kappa shape index (κ2) is 5.04. The lowest BCUT2D eigenvalue weighted by molar-refractivity contribution is 0.318. The van der Waals surface area contributed by atoms with Crippen molar-refractivity contribution in [3.05, 3.63) is 29.6 Å². The van der Waals surface area contributed by atoms with Crippen molar-refractivity contribution in [2.75, 3.05) is 10.5 Å². The van der Waals surface area contributed by atoms with E-state index in [1.807, 2.05) is 0 Å². The van der Waals surface area contributed by atoms with E-state index in [9.17, 15) is 12.8 Å². The molecule has 0 aliphatic heterocycles. The first-order valence-corrected chi connectivity index (χ1v) is 7.34. The molecule has 1 aromatic rings. The van der Waals surface area contributed by atoms with E-state index in [1.54, 1.807) is 0 Å². The highest BCUT2D eigenvalue weighted by Gasteiger charge is 2.28. The Morgan fingerprint density at radius 1 is 1.53 bits per heavy atom. The van der Waals surface area contributed by atoms with E-state index in [0.29, 0.717) is 0 Å². The molecule has 6 nitrogen and oxygen atoms in total. The SMILES string of the molecule is N/C(=N/O)c1cc(F)ccc1NS(=O)(=O)CC1CC1. The molecule has 0 spiro atoms. The zero-order valence-electron chi connectivity index (χ0n) is 10.0. The van der Waals surface area contributed by atoms with Crippen LogP contribution in [0.25, 0.3) is 0 Å². The molecule has 104 valence electrons. The third kappa shape index (κ3) is 3.57.